The van der Waals surface area contributed by atoms with Crippen molar-refractivity contribution >= 4 is 11.4 Å². The van der Waals surface area contributed by atoms with E-state index >= 15 is 0 Å². The Labute approximate surface area is 121 Å². The van der Waals surface area contributed by atoms with Crippen molar-refractivity contribution in [2.45, 2.75) is 20.1 Å². The number of aryl methyl sites for hydroxylation is 1. The Morgan fingerprint density at radius 2 is 2.19 bits per heavy atom. The molecule has 7 nitrogen and oxygen atoms in total. The first-order chi connectivity index (χ1) is 10.0. The Balaban J connectivity index is 2.22. The zero-order chi connectivity index (χ0) is 15.4. The monoisotopic (exact) mass is 289 g/mol. The van der Waals surface area contributed by atoms with E-state index < -0.39 is 4.92 Å². The number of nitrogens with one attached hydrogen (secondary N) is 1. The predicted molar refractivity (Wildman–Crippen MR) is 77.0 cm³/mol. The third-order valence-corrected chi connectivity index (χ3v) is 3.13. The zero-order valence-corrected chi connectivity index (χ0v) is 11.4. The number of nitrogens with zero attached hydrogens (tertiary/aromatic N) is 2. The first kappa shape index (κ1) is 14.7. The second-order valence-electron chi connectivity index (χ2n) is 4.52. The van der Waals surface area contributed by atoms with Gasteiger partial charge in [-0.15, -0.1) is 0 Å². The van der Waals surface area contributed by atoms with E-state index in [9.17, 15) is 20.3 Å². The lowest BCUT2D eigenvalue weighted by atomic mass is 10.1. The molecule has 0 fully saturated rings. The van der Waals surface area contributed by atoms with Crippen molar-refractivity contribution in [1.29, 1.82) is 0 Å². The Bertz CT molecular complexity index is 673. The molecule has 0 bridgehead atoms. The third-order valence-electron chi connectivity index (χ3n) is 3.13. The average molecular weight is 289 g/mol. The normalized spacial score (nSPS) is 10.4. The molecule has 1 heterocycles. The standard InChI is InChI=1S/C14H15N3O4/c1-9-14(19)13(10(8-18)6-15-9)7-16-11-3-2-4-12(5-11)17(20)21/h2-6,16,18-19H,7-8H2,1H3. The number of non-ortho nitro benzene ring substituents is 1. The van der Waals surface area contributed by atoms with Gasteiger partial charge in [0, 0.05) is 41.7 Å². The first-order valence-corrected chi connectivity index (χ1v) is 6.28. The number of hydrogen-bond donors (Lipinski definition) is 3. The topological polar surface area (TPSA) is 109 Å². The molecule has 1 aromatic carbocycles. The maximum atomic E-state index is 10.7. The van der Waals surface area contributed by atoms with Crippen LogP contribution in [0.3, 0.4) is 0 Å². The van der Waals surface area contributed by atoms with Gasteiger partial charge in [0.1, 0.15) is 5.75 Å². The van der Waals surface area contributed by atoms with E-state index in [2.05, 4.69) is 10.3 Å². The minimum atomic E-state index is -0.474. The number of anilines is 1. The Hall–Kier alpha value is -2.67. The summed E-state index contributed by atoms with van der Waals surface area (Å²) in [6.07, 6.45) is 1.50. The number of hydrogen-bond acceptors (Lipinski definition) is 6. The quantitative estimate of drug-likeness (QED) is 0.574. The molecule has 0 aliphatic carbocycles. The number of aliphatic hydroxyl groups is 1. The SMILES string of the molecule is Cc1ncc(CO)c(CNc2cccc([N+](=O)[O-])c2)c1O. The number of nitro benzene ring substituents is 1. The van der Waals surface area contributed by atoms with Crippen LogP contribution in [0.15, 0.2) is 30.5 Å². The minimum absolute atomic E-state index is 0.0134. The smallest absolute Gasteiger partial charge is 0.271 e. The van der Waals surface area contributed by atoms with Gasteiger partial charge in [0.25, 0.3) is 5.69 Å². The van der Waals surface area contributed by atoms with Crippen LogP contribution in [0.4, 0.5) is 11.4 Å². The zero-order valence-electron chi connectivity index (χ0n) is 11.4. The van der Waals surface area contributed by atoms with Crippen molar-refractivity contribution in [3.05, 3.63) is 57.4 Å². The van der Waals surface area contributed by atoms with Gasteiger partial charge in [-0.25, -0.2) is 0 Å². The van der Waals surface area contributed by atoms with Crippen molar-refractivity contribution in [2.75, 3.05) is 5.32 Å². The van der Waals surface area contributed by atoms with Crippen molar-refractivity contribution in [2.24, 2.45) is 0 Å². The summed E-state index contributed by atoms with van der Waals surface area (Å²) in [6, 6.07) is 6.07. The molecule has 110 valence electrons. The molecule has 0 aliphatic heterocycles. The van der Waals surface area contributed by atoms with Gasteiger partial charge in [0.2, 0.25) is 0 Å². The van der Waals surface area contributed by atoms with Crippen LogP contribution in [0.2, 0.25) is 0 Å². The lowest BCUT2D eigenvalue weighted by Gasteiger charge is -2.13. The van der Waals surface area contributed by atoms with Crippen LogP contribution in [0, 0.1) is 17.0 Å². The number of rotatable bonds is 5. The fourth-order valence-electron chi connectivity index (χ4n) is 1.94. The molecular weight excluding hydrogens is 274 g/mol. The van der Waals surface area contributed by atoms with Crippen LogP contribution in [-0.4, -0.2) is 20.1 Å². The van der Waals surface area contributed by atoms with E-state index in [-0.39, 0.29) is 24.6 Å². The number of aromatic hydroxyl groups is 1. The van der Waals surface area contributed by atoms with E-state index in [1.165, 1.54) is 18.3 Å². The van der Waals surface area contributed by atoms with Crippen LogP contribution in [0.25, 0.3) is 0 Å². The molecule has 1 aromatic heterocycles. The van der Waals surface area contributed by atoms with Crippen molar-refractivity contribution in [1.82, 2.24) is 4.98 Å². The van der Waals surface area contributed by atoms with Gasteiger partial charge >= 0.3 is 0 Å². The van der Waals surface area contributed by atoms with Gasteiger partial charge in [0.15, 0.2) is 0 Å². The van der Waals surface area contributed by atoms with Crippen molar-refractivity contribution in [3.8, 4) is 5.75 Å². The molecule has 0 saturated heterocycles. The number of aromatic nitrogens is 1. The lowest BCUT2D eigenvalue weighted by molar-refractivity contribution is -0.384. The average Bonchev–Trinajstić information content (AvgIpc) is 2.49. The van der Waals surface area contributed by atoms with Gasteiger partial charge in [-0.3, -0.25) is 15.1 Å². The Morgan fingerprint density at radius 3 is 2.86 bits per heavy atom. The van der Waals surface area contributed by atoms with Crippen LogP contribution in [-0.2, 0) is 13.2 Å². The molecule has 7 heteroatoms. The van der Waals surface area contributed by atoms with Crippen LogP contribution >= 0.6 is 0 Å². The molecule has 0 amide bonds. The highest BCUT2D eigenvalue weighted by atomic mass is 16.6. The largest absolute Gasteiger partial charge is 0.506 e. The fraction of sp³-hybridized carbons (Fsp3) is 0.214. The van der Waals surface area contributed by atoms with Gasteiger partial charge in [-0.2, -0.15) is 0 Å². The Kier molecular flexibility index (Phi) is 4.34. The highest BCUT2D eigenvalue weighted by molar-refractivity contribution is 5.52. The number of aliphatic hydroxyl groups excluding tert-OH is 1. The fourth-order valence-corrected chi connectivity index (χ4v) is 1.94. The molecule has 2 aromatic rings. The van der Waals surface area contributed by atoms with Gasteiger partial charge in [0.05, 0.1) is 17.2 Å². The molecule has 0 atom stereocenters. The molecule has 0 radical (unpaired) electrons. The van der Waals surface area contributed by atoms with Crippen molar-refractivity contribution in [3.63, 3.8) is 0 Å². The summed E-state index contributed by atoms with van der Waals surface area (Å²) in [6.45, 7) is 1.65. The molecule has 3 N–H and O–H groups in total. The maximum Gasteiger partial charge on any atom is 0.271 e. The minimum Gasteiger partial charge on any atom is -0.506 e. The van der Waals surface area contributed by atoms with E-state index in [4.69, 9.17) is 0 Å². The van der Waals surface area contributed by atoms with Crippen molar-refractivity contribution < 1.29 is 15.1 Å². The summed E-state index contributed by atoms with van der Waals surface area (Å²) in [5.41, 5.74) is 2.04. The lowest BCUT2D eigenvalue weighted by Crippen LogP contribution is -2.05. The number of pyridine rings is 1. The maximum absolute atomic E-state index is 10.7. The summed E-state index contributed by atoms with van der Waals surface area (Å²) in [5, 5.41) is 33.0. The highest BCUT2D eigenvalue weighted by Gasteiger charge is 2.12. The van der Waals surface area contributed by atoms with Crippen LogP contribution < -0.4 is 5.32 Å². The summed E-state index contributed by atoms with van der Waals surface area (Å²) < 4.78 is 0. The predicted octanol–water partition coefficient (Wildman–Crippen LogP) is 2.11. The van der Waals surface area contributed by atoms with E-state index in [0.717, 1.165) is 0 Å². The second kappa shape index (κ2) is 6.19. The van der Waals surface area contributed by atoms with E-state index in [0.29, 0.717) is 22.5 Å². The Morgan fingerprint density at radius 1 is 1.43 bits per heavy atom. The van der Waals surface area contributed by atoms with E-state index in [1.54, 1.807) is 19.1 Å². The first-order valence-electron chi connectivity index (χ1n) is 6.28. The second-order valence-corrected chi connectivity index (χ2v) is 4.52. The molecule has 0 unspecified atom stereocenters. The number of nitro groups is 1. The molecule has 0 aliphatic rings. The molecule has 2 rings (SSSR count). The van der Waals surface area contributed by atoms with Gasteiger partial charge in [-0.05, 0) is 13.0 Å². The molecule has 0 spiro atoms. The molecule has 21 heavy (non-hydrogen) atoms. The van der Waals surface area contributed by atoms with Gasteiger partial charge in [-0.1, -0.05) is 6.07 Å². The molecular formula is C14H15N3O4. The summed E-state index contributed by atoms with van der Waals surface area (Å²) in [7, 11) is 0. The van der Waals surface area contributed by atoms with E-state index in [1.807, 2.05) is 0 Å². The third kappa shape index (κ3) is 3.26. The van der Waals surface area contributed by atoms with Crippen LogP contribution in [0.5, 0.6) is 5.75 Å². The number of benzene rings is 1. The summed E-state index contributed by atoms with van der Waals surface area (Å²) in [4.78, 5) is 14.2. The van der Waals surface area contributed by atoms with Crippen LogP contribution in [0.1, 0.15) is 16.8 Å². The summed E-state index contributed by atoms with van der Waals surface area (Å²) in [5.74, 6) is 0.0134. The highest BCUT2D eigenvalue weighted by Crippen LogP contribution is 2.25. The molecule has 0 saturated carbocycles. The van der Waals surface area contributed by atoms with Gasteiger partial charge < -0.3 is 15.5 Å². The summed E-state index contributed by atoms with van der Waals surface area (Å²) >= 11 is 0.